The van der Waals surface area contributed by atoms with Crippen LogP contribution in [0.3, 0.4) is 0 Å². The van der Waals surface area contributed by atoms with Crippen molar-refractivity contribution in [1.29, 1.82) is 0 Å². The number of aryl methyl sites for hydroxylation is 1. The molecule has 0 atom stereocenters. The SMILES string of the molecule is CCCNc1nc(Cc2ccc(F)cc2F)nc(C)c1I. The molecule has 1 heterocycles. The third kappa shape index (κ3) is 4.09. The summed E-state index contributed by atoms with van der Waals surface area (Å²) in [4.78, 5) is 8.82. The van der Waals surface area contributed by atoms with Crippen LogP contribution in [0.1, 0.15) is 30.4 Å². The van der Waals surface area contributed by atoms with E-state index in [1.165, 1.54) is 12.1 Å². The van der Waals surface area contributed by atoms with Crippen molar-refractivity contribution >= 4 is 28.4 Å². The van der Waals surface area contributed by atoms with Crippen molar-refractivity contribution in [3.8, 4) is 0 Å². The molecule has 1 aromatic carbocycles. The lowest BCUT2D eigenvalue weighted by Gasteiger charge is -2.11. The Morgan fingerprint density at radius 2 is 2.00 bits per heavy atom. The zero-order valence-corrected chi connectivity index (χ0v) is 14.0. The average molecular weight is 403 g/mol. The van der Waals surface area contributed by atoms with Crippen LogP contribution in [0.5, 0.6) is 0 Å². The van der Waals surface area contributed by atoms with Gasteiger partial charge in [0.25, 0.3) is 0 Å². The van der Waals surface area contributed by atoms with Gasteiger partial charge in [-0.05, 0) is 47.6 Å². The number of nitrogens with one attached hydrogen (secondary N) is 1. The van der Waals surface area contributed by atoms with E-state index in [2.05, 4.69) is 44.8 Å². The molecule has 112 valence electrons. The lowest BCUT2D eigenvalue weighted by atomic mass is 10.1. The van der Waals surface area contributed by atoms with Gasteiger partial charge in [-0.2, -0.15) is 0 Å². The Labute approximate surface area is 136 Å². The van der Waals surface area contributed by atoms with Gasteiger partial charge in [0.05, 0.1) is 9.26 Å². The van der Waals surface area contributed by atoms with Crippen molar-refractivity contribution in [3.63, 3.8) is 0 Å². The Morgan fingerprint density at radius 3 is 2.67 bits per heavy atom. The van der Waals surface area contributed by atoms with Gasteiger partial charge in [0.15, 0.2) is 0 Å². The number of aromatic nitrogens is 2. The fraction of sp³-hybridized carbons (Fsp3) is 0.333. The molecule has 0 aliphatic rings. The topological polar surface area (TPSA) is 37.8 Å². The molecule has 2 rings (SSSR count). The first-order valence-corrected chi connectivity index (χ1v) is 7.80. The van der Waals surface area contributed by atoms with Crippen molar-refractivity contribution in [2.75, 3.05) is 11.9 Å². The van der Waals surface area contributed by atoms with E-state index in [1.807, 2.05) is 6.92 Å². The second-order valence-corrected chi connectivity index (χ2v) is 5.81. The van der Waals surface area contributed by atoms with Crippen LogP contribution < -0.4 is 5.32 Å². The number of hydrogen-bond acceptors (Lipinski definition) is 3. The van der Waals surface area contributed by atoms with E-state index >= 15 is 0 Å². The highest BCUT2D eigenvalue weighted by molar-refractivity contribution is 14.1. The van der Waals surface area contributed by atoms with Gasteiger partial charge in [0, 0.05) is 19.0 Å². The van der Waals surface area contributed by atoms with Crippen molar-refractivity contribution in [2.24, 2.45) is 0 Å². The molecule has 1 N–H and O–H groups in total. The largest absolute Gasteiger partial charge is 0.369 e. The first-order chi connectivity index (χ1) is 10.0. The molecule has 6 heteroatoms. The zero-order valence-electron chi connectivity index (χ0n) is 11.9. The smallest absolute Gasteiger partial charge is 0.143 e. The number of nitrogens with zero attached hydrogens (tertiary/aromatic N) is 2. The third-order valence-corrected chi connectivity index (χ3v) is 4.26. The summed E-state index contributed by atoms with van der Waals surface area (Å²) in [5, 5.41) is 3.24. The number of halogens is 3. The summed E-state index contributed by atoms with van der Waals surface area (Å²) in [5.74, 6) is 0.138. The van der Waals surface area contributed by atoms with Gasteiger partial charge in [-0.3, -0.25) is 0 Å². The standard InChI is InChI=1S/C15H16F2IN3/c1-3-6-19-15-14(18)9(2)20-13(21-15)7-10-4-5-11(16)8-12(10)17/h4-5,8H,3,6-7H2,1-2H3,(H,19,20,21). The summed E-state index contributed by atoms with van der Waals surface area (Å²) in [6.07, 6.45) is 1.23. The summed E-state index contributed by atoms with van der Waals surface area (Å²) in [7, 11) is 0. The van der Waals surface area contributed by atoms with Crippen molar-refractivity contribution in [2.45, 2.75) is 26.7 Å². The molecule has 0 spiro atoms. The fourth-order valence-electron chi connectivity index (χ4n) is 1.89. The van der Waals surface area contributed by atoms with Crippen LogP contribution in [0.4, 0.5) is 14.6 Å². The quantitative estimate of drug-likeness (QED) is 0.765. The van der Waals surface area contributed by atoms with Crippen molar-refractivity contribution in [3.05, 3.63) is 50.5 Å². The molecule has 3 nitrogen and oxygen atoms in total. The normalized spacial score (nSPS) is 10.7. The Kier molecular flexibility index (Phi) is 5.44. The van der Waals surface area contributed by atoms with E-state index in [1.54, 1.807) is 0 Å². The van der Waals surface area contributed by atoms with Crippen LogP contribution in [0.15, 0.2) is 18.2 Å². The Morgan fingerprint density at radius 1 is 1.24 bits per heavy atom. The number of hydrogen-bond donors (Lipinski definition) is 1. The number of anilines is 1. The highest BCUT2D eigenvalue weighted by atomic mass is 127. The highest BCUT2D eigenvalue weighted by Gasteiger charge is 2.11. The zero-order chi connectivity index (χ0) is 15.4. The van der Waals surface area contributed by atoms with Crippen LogP contribution in [0.2, 0.25) is 0 Å². The van der Waals surface area contributed by atoms with Gasteiger partial charge in [0.2, 0.25) is 0 Å². The van der Waals surface area contributed by atoms with Gasteiger partial charge >= 0.3 is 0 Å². The van der Waals surface area contributed by atoms with E-state index in [4.69, 9.17) is 0 Å². The first kappa shape index (κ1) is 16.1. The van der Waals surface area contributed by atoms with E-state index in [9.17, 15) is 8.78 Å². The van der Waals surface area contributed by atoms with Gasteiger partial charge < -0.3 is 5.32 Å². The predicted molar refractivity (Wildman–Crippen MR) is 87.4 cm³/mol. The molecule has 0 saturated carbocycles. The second-order valence-electron chi connectivity index (χ2n) is 4.73. The summed E-state index contributed by atoms with van der Waals surface area (Å²) < 4.78 is 27.6. The second kappa shape index (κ2) is 7.11. The van der Waals surface area contributed by atoms with Crippen molar-refractivity contribution < 1.29 is 8.78 Å². The molecular weight excluding hydrogens is 387 g/mol. The predicted octanol–water partition coefficient (Wildman–Crippen LogP) is 4.08. The Balaban J connectivity index is 2.29. The van der Waals surface area contributed by atoms with Crippen LogP contribution in [-0.2, 0) is 6.42 Å². The molecule has 0 bridgehead atoms. The summed E-state index contributed by atoms with van der Waals surface area (Å²) in [5.41, 5.74) is 1.24. The first-order valence-electron chi connectivity index (χ1n) is 6.72. The summed E-state index contributed by atoms with van der Waals surface area (Å²) >= 11 is 2.19. The molecule has 21 heavy (non-hydrogen) atoms. The Bertz CT molecular complexity index is 647. The van der Waals surface area contributed by atoms with Crippen LogP contribution >= 0.6 is 22.6 Å². The van der Waals surface area contributed by atoms with Gasteiger partial charge in [-0.25, -0.2) is 18.7 Å². The molecule has 0 fully saturated rings. The van der Waals surface area contributed by atoms with Gasteiger partial charge in [0.1, 0.15) is 23.3 Å². The lowest BCUT2D eigenvalue weighted by molar-refractivity contribution is 0.573. The number of rotatable bonds is 5. The average Bonchev–Trinajstić information content (AvgIpc) is 2.44. The molecule has 1 aromatic heterocycles. The molecule has 0 radical (unpaired) electrons. The summed E-state index contributed by atoms with van der Waals surface area (Å²) in [6.45, 7) is 4.78. The molecule has 0 saturated heterocycles. The molecule has 2 aromatic rings. The van der Waals surface area contributed by atoms with Crippen molar-refractivity contribution in [1.82, 2.24) is 9.97 Å². The number of benzene rings is 1. The Hall–Kier alpha value is -1.31. The molecular formula is C15H16F2IN3. The monoisotopic (exact) mass is 403 g/mol. The molecule has 0 unspecified atom stereocenters. The molecule has 0 amide bonds. The van der Waals surface area contributed by atoms with E-state index in [-0.39, 0.29) is 6.42 Å². The highest BCUT2D eigenvalue weighted by Crippen LogP contribution is 2.20. The van der Waals surface area contributed by atoms with Crippen LogP contribution in [0, 0.1) is 22.1 Å². The molecule has 0 aliphatic heterocycles. The lowest BCUT2D eigenvalue weighted by Crippen LogP contribution is -2.10. The minimum absolute atomic E-state index is 0.241. The third-order valence-electron chi connectivity index (χ3n) is 2.97. The maximum Gasteiger partial charge on any atom is 0.143 e. The van der Waals surface area contributed by atoms with Crippen LogP contribution in [-0.4, -0.2) is 16.5 Å². The molecule has 0 aliphatic carbocycles. The summed E-state index contributed by atoms with van der Waals surface area (Å²) in [6, 6.07) is 3.56. The van der Waals surface area contributed by atoms with E-state index in [0.717, 1.165) is 34.1 Å². The maximum absolute atomic E-state index is 13.7. The van der Waals surface area contributed by atoms with Crippen LogP contribution in [0.25, 0.3) is 0 Å². The minimum Gasteiger partial charge on any atom is -0.369 e. The van der Waals surface area contributed by atoms with Gasteiger partial charge in [-0.15, -0.1) is 0 Å². The minimum atomic E-state index is -0.582. The van der Waals surface area contributed by atoms with E-state index < -0.39 is 11.6 Å². The maximum atomic E-state index is 13.7. The fourth-order valence-corrected chi connectivity index (χ4v) is 2.32. The van der Waals surface area contributed by atoms with E-state index in [0.29, 0.717) is 11.4 Å². The van der Waals surface area contributed by atoms with Gasteiger partial charge in [-0.1, -0.05) is 13.0 Å².